The topological polar surface area (TPSA) is 37.4 Å². The predicted molar refractivity (Wildman–Crippen MR) is 78.8 cm³/mol. The molecule has 0 atom stereocenters. The van der Waals surface area contributed by atoms with Crippen LogP contribution >= 0.6 is 11.3 Å². The molecule has 0 saturated heterocycles. The first-order valence-corrected chi connectivity index (χ1v) is 7.13. The molecule has 0 aliphatic carbocycles. The molecule has 1 heterocycles. The summed E-state index contributed by atoms with van der Waals surface area (Å²) in [6.45, 7) is 8.59. The van der Waals surface area contributed by atoms with E-state index in [-0.39, 0.29) is 0 Å². The average Bonchev–Trinajstić information content (AvgIpc) is 2.72. The van der Waals surface area contributed by atoms with Gasteiger partial charge in [0.15, 0.2) is 5.13 Å². The predicted octanol–water partition coefficient (Wildman–Crippen LogP) is 2.74. The molecule has 0 aliphatic heterocycles. The highest BCUT2D eigenvalue weighted by atomic mass is 32.1. The van der Waals surface area contributed by atoms with E-state index in [9.17, 15) is 0 Å². The minimum absolute atomic E-state index is 0.336. The quantitative estimate of drug-likeness (QED) is 0.827. The molecule has 1 aromatic heterocycles. The Balaban J connectivity index is 2.61. The van der Waals surface area contributed by atoms with Crippen molar-refractivity contribution in [3.8, 4) is 5.88 Å². The maximum Gasteiger partial charge on any atom is 0.230 e. The van der Waals surface area contributed by atoms with Gasteiger partial charge in [0.25, 0.3) is 0 Å². The maximum absolute atomic E-state index is 5.32. The second-order valence-corrected chi connectivity index (χ2v) is 6.51. The largest absolute Gasteiger partial charge is 0.480 e. The molecule has 1 N–H and O–H groups in total. The third kappa shape index (κ3) is 4.14. The van der Waals surface area contributed by atoms with Crippen LogP contribution in [0.1, 0.15) is 32.1 Å². The fraction of sp³-hybridized carbons (Fsp3) is 0.769. The van der Waals surface area contributed by atoms with E-state index < -0.39 is 0 Å². The van der Waals surface area contributed by atoms with Crippen molar-refractivity contribution in [1.29, 1.82) is 0 Å². The van der Waals surface area contributed by atoms with E-state index >= 15 is 0 Å². The number of nitrogens with one attached hydrogen (secondary N) is 1. The Morgan fingerprint density at radius 1 is 1.39 bits per heavy atom. The van der Waals surface area contributed by atoms with Gasteiger partial charge in [-0.25, -0.2) is 0 Å². The fourth-order valence-electron chi connectivity index (χ4n) is 1.43. The van der Waals surface area contributed by atoms with Crippen LogP contribution in [-0.2, 0) is 6.54 Å². The molecular formula is C13H25N3OS. The number of hydrogen-bond donors (Lipinski definition) is 1. The molecule has 0 saturated carbocycles. The summed E-state index contributed by atoms with van der Waals surface area (Å²) in [4.78, 5) is 7.61. The second kappa shape index (κ2) is 6.38. The van der Waals surface area contributed by atoms with Gasteiger partial charge in [0.2, 0.25) is 5.88 Å². The molecule has 18 heavy (non-hydrogen) atoms. The summed E-state index contributed by atoms with van der Waals surface area (Å²) in [6.07, 6.45) is 1.17. The molecular weight excluding hydrogens is 246 g/mol. The summed E-state index contributed by atoms with van der Waals surface area (Å²) in [6, 6.07) is 0. The Labute approximate surface area is 114 Å². The summed E-state index contributed by atoms with van der Waals surface area (Å²) < 4.78 is 5.32. The van der Waals surface area contributed by atoms with Gasteiger partial charge in [0, 0.05) is 27.2 Å². The third-order valence-electron chi connectivity index (χ3n) is 3.07. The first kappa shape index (κ1) is 15.2. The van der Waals surface area contributed by atoms with Gasteiger partial charge >= 0.3 is 0 Å². The van der Waals surface area contributed by atoms with Crippen molar-refractivity contribution in [2.45, 2.75) is 33.7 Å². The molecule has 0 fully saturated rings. The van der Waals surface area contributed by atoms with Crippen molar-refractivity contribution in [2.75, 3.05) is 32.6 Å². The molecule has 0 bridgehead atoms. The van der Waals surface area contributed by atoms with Crippen LogP contribution in [0, 0.1) is 5.41 Å². The van der Waals surface area contributed by atoms with Gasteiger partial charge in [-0.15, -0.1) is 0 Å². The highest BCUT2D eigenvalue weighted by molar-refractivity contribution is 7.15. The Morgan fingerprint density at radius 3 is 2.56 bits per heavy atom. The summed E-state index contributed by atoms with van der Waals surface area (Å²) in [5, 5.41) is 4.48. The van der Waals surface area contributed by atoms with Crippen molar-refractivity contribution in [3.05, 3.63) is 4.88 Å². The van der Waals surface area contributed by atoms with Gasteiger partial charge in [0.1, 0.15) is 0 Å². The van der Waals surface area contributed by atoms with Crippen molar-refractivity contribution >= 4 is 16.5 Å². The van der Waals surface area contributed by atoms with Crippen LogP contribution in [-0.4, -0.2) is 32.7 Å². The molecule has 1 aromatic rings. The lowest BCUT2D eigenvalue weighted by Gasteiger charge is -2.22. The first-order valence-electron chi connectivity index (χ1n) is 6.31. The highest BCUT2D eigenvalue weighted by Crippen LogP contribution is 2.30. The van der Waals surface area contributed by atoms with Crippen LogP contribution in [0.15, 0.2) is 0 Å². The zero-order chi connectivity index (χ0) is 13.8. The van der Waals surface area contributed by atoms with E-state index in [2.05, 4.69) is 31.1 Å². The van der Waals surface area contributed by atoms with Crippen molar-refractivity contribution < 1.29 is 4.74 Å². The summed E-state index contributed by atoms with van der Waals surface area (Å²) in [5.41, 5.74) is 0.336. The Bertz CT molecular complexity index is 374. The van der Waals surface area contributed by atoms with Gasteiger partial charge < -0.3 is 15.0 Å². The number of ether oxygens (including phenoxy) is 1. The van der Waals surface area contributed by atoms with E-state index in [0.29, 0.717) is 5.41 Å². The van der Waals surface area contributed by atoms with Crippen LogP contribution in [0.5, 0.6) is 5.88 Å². The van der Waals surface area contributed by atoms with Crippen molar-refractivity contribution in [3.63, 3.8) is 0 Å². The minimum atomic E-state index is 0.336. The van der Waals surface area contributed by atoms with E-state index in [0.717, 1.165) is 29.0 Å². The van der Waals surface area contributed by atoms with Gasteiger partial charge in [0.05, 0.1) is 12.0 Å². The number of rotatable bonds is 7. The lowest BCUT2D eigenvalue weighted by Crippen LogP contribution is -2.28. The molecule has 5 heteroatoms. The Hall–Kier alpha value is -0.810. The smallest absolute Gasteiger partial charge is 0.230 e. The molecule has 0 amide bonds. The van der Waals surface area contributed by atoms with E-state index in [1.165, 1.54) is 6.42 Å². The molecule has 0 radical (unpaired) electrons. The van der Waals surface area contributed by atoms with Crippen LogP contribution in [0.25, 0.3) is 0 Å². The standard InChI is InChI=1S/C13H25N3OS/c1-7-13(2,3)9-14-8-10-11(17-6)15-12(18-10)16(4)5/h14H,7-9H2,1-6H3. The summed E-state index contributed by atoms with van der Waals surface area (Å²) in [7, 11) is 5.67. The number of thiazole rings is 1. The monoisotopic (exact) mass is 271 g/mol. The molecule has 0 aliphatic rings. The minimum Gasteiger partial charge on any atom is -0.480 e. The first-order chi connectivity index (χ1) is 8.39. The van der Waals surface area contributed by atoms with Crippen molar-refractivity contribution in [2.24, 2.45) is 5.41 Å². The Kier molecular flexibility index (Phi) is 5.41. The molecule has 0 unspecified atom stereocenters. The zero-order valence-electron chi connectivity index (χ0n) is 12.3. The van der Waals surface area contributed by atoms with Crippen LogP contribution in [0.4, 0.5) is 5.13 Å². The van der Waals surface area contributed by atoms with Crippen LogP contribution in [0.3, 0.4) is 0 Å². The number of aromatic nitrogens is 1. The van der Waals surface area contributed by atoms with Gasteiger partial charge in [-0.05, 0) is 11.8 Å². The number of hydrogen-bond acceptors (Lipinski definition) is 5. The molecule has 1 rings (SSSR count). The van der Waals surface area contributed by atoms with E-state index in [4.69, 9.17) is 4.74 Å². The van der Waals surface area contributed by atoms with Crippen LogP contribution in [0.2, 0.25) is 0 Å². The molecule has 4 nitrogen and oxygen atoms in total. The average molecular weight is 271 g/mol. The zero-order valence-corrected chi connectivity index (χ0v) is 13.1. The van der Waals surface area contributed by atoms with E-state index in [1.807, 2.05) is 19.0 Å². The van der Waals surface area contributed by atoms with E-state index in [1.54, 1.807) is 18.4 Å². The number of nitrogens with zero attached hydrogens (tertiary/aromatic N) is 2. The third-order valence-corrected chi connectivity index (χ3v) is 4.28. The SMILES string of the molecule is CCC(C)(C)CNCc1sc(N(C)C)nc1OC. The Morgan fingerprint density at radius 2 is 2.06 bits per heavy atom. The summed E-state index contributed by atoms with van der Waals surface area (Å²) in [5.74, 6) is 0.741. The van der Waals surface area contributed by atoms with Crippen molar-refractivity contribution in [1.82, 2.24) is 10.3 Å². The maximum atomic E-state index is 5.32. The highest BCUT2D eigenvalue weighted by Gasteiger charge is 2.16. The van der Waals surface area contributed by atoms with Gasteiger partial charge in [-0.1, -0.05) is 32.1 Å². The normalized spacial score (nSPS) is 11.7. The second-order valence-electron chi connectivity index (χ2n) is 5.44. The lowest BCUT2D eigenvalue weighted by molar-refractivity contribution is 0.326. The fourth-order valence-corrected chi connectivity index (χ4v) is 2.35. The summed E-state index contributed by atoms with van der Waals surface area (Å²) >= 11 is 1.68. The lowest BCUT2D eigenvalue weighted by atomic mass is 9.90. The molecule has 0 spiro atoms. The number of anilines is 1. The van der Waals surface area contributed by atoms with Crippen LogP contribution < -0.4 is 15.0 Å². The van der Waals surface area contributed by atoms with Gasteiger partial charge in [-0.2, -0.15) is 4.98 Å². The molecule has 0 aromatic carbocycles. The number of methoxy groups -OCH3 is 1. The van der Waals surface area contributed by atoms with Gasteiger partial charge in [-0.3, -0.25) is 0 Å². The molecule has 104 valence electrons.